The van der Waals surface area contributed by atoms with Crippen molar-refractivity contribution in [2.24, 2.45) is 5.92 Å². The van der Waals surface area contributed by atoms with E-state index in [1.165, 1.54) is 0 Å². The third kappa shape index (κ3) is 2.11. The maximum absolute atomic E-state index is 3.68. The van der Waals surface area contributed by atoms with Crippen LogP contribution in [-0.4, -0.2) is 0 Å². The fraction of sp³-hybridized carbons (Fsp3) is 0.400. The summed E-state index contributed by atoms with van der Waals surface area (Å²) in [5.74, 6) is 6.73. The predicted octanol–water partition coefficient (Wildman–Crippen LogP) is 2.53. The number of hydrogen-bond acceptors (Lipinski definition) is 0. The van der Waals surface area contributed by atoms with E-state index in [1.54, 1.807) is 0 Å². The first kappa shape index (κ1) is 7.15. The molecule has 1 unspecified atom stereocenters. The minimum absolute atomic E-state index is 0.431. The Hall–Kier alpha value is -0.960. The molecule has 0 bridgehead atoms. The van der Waals surface area contributed by atoms with E-state index in [2.05, 4.69) is 30.6 Å². The molecule has 0 nitrogen and oxygen atoms in total. The average Bonchev–Trinajstić information content (AvgIpc) is 2.17. The maximum Gasteiger partial charge on any atom is 0.0417 e. The highest BCUT2D eigenvalue weighted by Crippen LogP contribution is 2.08. The molecule has 0 amide bonds. The first-order chi connectivity index (χ1) is 4.93. The molecule has 10 heavy (non-hydrogen) atoms. The van der Waals surface area contributed by atoms with Crippen LogP contribution in [0.2, 0.25) is 0 Å². The zero-order valence-electron chi connectivity index (χ0n) is 6.14. The molecule has 1 rings (SSSR count). The molecule has 1 aliphatic rings. The lowest BCUT2D eigenvalue weighted by Gasteiger charge is -1.96. The van der Waals surface area contributed by atoms with Crippen LogP contribution in [0.25, 0.3) is 0 Å². The van der Waals surface area contributed by atoms with Crippen molar-refractivity contribution < 1.29 is 0 Å². The minimum Gasteiger partial charge on any atom is -0.103 e. The Bertz CT molecular complexity index is 188. The Morgan fingerprint density at radius 1 is 1.70 bits per heavy atom. The van der Waals surface area contributed by atoms with Crippen molar-refractivity contribution in [3.05, 3.63) is 24.8 Å². The molecule has 0 N–H and O–H groups in total. The van der Waals surface area contributed by atoms with E-state index in [0.29, 0.717) is 5.92 Å². The number of rotatable bonds is 2. The smallest absolute Gasteiger partial charge is 0.0417 e. The van der Waals surface area contributed by atoms with E-state index in [1.807, 2.05) is 6.08 Å². The molecule has 0 heterocycles. The van der Waals surface area contributed by atoms with Gasteiger partial charge in [0.25, 0.3) is 0 Å². The molecule has 0 spiro atoms. The molecular weight excluding hydrogens is 120 g/mol. The van der Waals surface area contributed by atoms with E-state index < -0.39 is 0 Å². The van der Waals surface area contributed by atoms with Crippen LogP contribution < -0.4 is 0 Å². The first-order valence-corrected chi connectivity index (χ1v) is 3.69. The Labute approximate surface area is 62.6 Å². The lowest BCUT2D eigenvalue weighted by atomic mass is 10.1. The summed E-state index contributed by atoms with van der Waals surface area (Å²) < 4.78 is 0. The topological polar surface area (TPSA) is 0 Å². The van der Waals surface area contributed by atoms with Crippen molar-refractivity contribution >= 4 is 0 Å². The van der Waals surface area contributed by atoms with Gasteiger partial charge in [-0.1, -0.05) is 24.1 Å². The van der Waals surface area contributed by atoms with Gasteiger partial charge in [0.1, 0.15) is 0 Å². The van der Waals surface area contributed by atoms with E-state index in [4.69, 9.17) is 0 Å². The van der Waals surface area contributed by atoms with Gasteiger partial charge >= 0.3 is 0 Å². The molecule has 0 aromatic carbocycles. The molecule has 1 atom stereocenters. The summed E-state index contributed by atoms with van der Waals surface area (Å²) in [7, 11) is 0. The van der Waals surface area contributed by atoms with Crippen molar-refractivity contribution in [1.82, 2.24) is 0 Å². The van der Waals surface area contributed by atoms with E-state index in [0.717, 1.165) is 19.3 Å². The van der Waals surface area contributed by atoms with Gasteiger partial charge in [0.05, 0.1) is 0 Å². The van der Waals surface area contributed by atoms with Crippen LogP contribution in [0.15, 0.2) is 24.8 Å². The summed E-state index contributed by atoms with van der Waals surface area (Å²) in [5, 5.41) is 0. The zero-order valence-corrected chi connectivity index (χ0v) is 6.14. The highest BCUT2D eigenvalue weighted by molar-refractivity contribution is 5.15. The Morgan fingerprint density at radius 2 is 2.60 bits per heavy atom. The van der Waals surface area contributed by atoms with Crippen LogP contribution in [0.4, 0.5) is 0 Å². The summed E-state index contributed by atoms with van der Waals surface area (Å²) in [6.07, 6.45) is 9.42. The van der Waals surface area contributed by atoms with Crippen LogP contribution in [0.5, 0.6) is 0 Å². The molecule has 0 radical (unpaired) electrons. The van der Waals surface area contributed by atoms with Gasteiger partial charge in [-0.3, -0.25) is 0 Å². The molecule has 0 fully saturated rings. The van der Waals surface area contributed by atoms with E-state index in [9.17, 15) is 0 Å². The minimum atomic E-state index is 0.431. The summed E-state index contributed by atoms with van der Waals surface area (Å²) in [6.45, 7) is 3.68. The molecule has 0 saturated heterocycles. The van der Waals surface area contributed by atoms with Gasteiger partial charge < -0.3 is 0 Å². The second kappa shape index (κ2) is 3.95. The van der Waals surface area contributed by atoms with Gasteiger partial charge in [-0.25, -0.2) is 0 Å². The second-order valence-corrected chi connectivity index (χ2v) is 2.42. The normalized spacial score (nSPS) is 22.6. The lowest BCUT2D eigenvalue weighted by Crippen LogP contribution is -1.87. The maximum atomic E-state index is 3.68. The van der Waals surface area contributed by atoms with Gasteiger partial charge in [-0.15, -0.1) is 12.5 Å². The molecule has 0 saturated carbocycles. The monoisotopic (exact) mass is 132 g/mol. The van der Waals surface area contributed by atoms with Crippen LogP contribution in [0, 0.1) is 17.8 Å². The Balaban J connectivity index is 2.52. The summed E-state index contributed by atoms with van der Waals surface area (Å²) in [4.78, 5) is 0. The van der Waals surface area contributed by atoms with Crippen molar-refractivity contribution in [3.8, 4) is 11.8 Å². The number of allylic oxidation sites excluding steroid dienone is 3. The standard InChI is InChI=1S/C10H12/c1-2-7-10-8-5-3-4-6-9-10/h2,5,8,10H,1,3-4,7H2. The van der Waals surface area contributed by atoms with Crippen molar-refractivity contribution in [2.75, 3.05) is 0 Å². The van der Waals surface area contributed by atoms with Gasteiger partial charge in [-0.2, -0.15) is 0 Å². The summed E-state index contributed by atoms with van der Waals surface area (Å²) >= 11 is 0. The van der Waals surface area contributed by atoms with Gasteiger partial charge in [0, 0.05) is 12.3 Å². The quantitative estimate of drug-likeness (QED) is 0.400. The largest absolute Gasteiger partial charge is 0.103 e. The fourth-order valence-corrected chi connectivity index (χ4v) is 0.984. The summed E-state index contributed by atoms with van der Waals surface area (Å²) in [6, 6.07) is 0. The average molecular weight is 132 g/mol. The number of hydrogen-bond donors (Lipinski definition) is 0. The highest BCUT2D eigenvalue weighted by Gasteiger charge is 1.97. The van der Waals surface area contributed by atoms with Gasteiger partial charge in [-0.05, 0) is 12.8 Å². The van der Waals surface area contributed by atoms with Crippen molar-refractivity contribution in [2.45, 2.75) is 19.3 Å². The molecule has 0 aromatic rings. The van der Waals surface area contributed by atoms with Gasteiger partial charge in [0.2, 0.25) is 0 Å². The van der Waals surface area contributed by atoms with E-state index in [-0.39, 0.29) is 0 Å². The fourth-order valence-electron chi connectivity index (χ4n) is 0.984. The summed E-state index contributed by atoms with van der Waals surface area (Å²) in [5.41, 5.74) is 0. The zero-order chi connectivity index (χ0) is 7.23. The van der Waals surface area contributed by atoms with Crippen LogP contribution in [0.1, 0.15) is 19.3 Å². The second-order valence-electron chi connectivity index (χ2n) is 2.42. The van der Waals surface area contributed by atoms with Crippen molar-refractivity contribution in [1.29, 1.82) is 0 Å². The highest BCUT2D eigenvalue weighted by atomic mass is 14.0. The molecule has 0 aliphatic heterocycles. The predicted molar refractivity (Wildman–Crippen MR) is 44.5 cm³/mol. The molecule has 52 valence electrons. The lowest BCUT2D eigenvalue weighted by molar-refractivity contribution is 0.864. The van der Waals surface area contributed by atoms with Crippen LogP contribution in [0.3, 0.4) is 0 Å². The van der Waals surface area contributed by atoms with Crippen LogP contribution >= 0.6 is 0 Å². The first-order valence-electron chi connectivity index (χ1n) is 3.69. The molecule has 0 heteroatoms. The SMILES string of the molecule is C=CCC1C#CCCC=C1. The molecular formula is C10H12. The third-order valence-electron chi connectivity index (χ3n) is 1.51. The third-order valence-corrected chi connectivity index (χ3v) is 1.51. The molecule has 1 aliphatic carbocycles. The van der Waals surface area contributed by atoms with E-state index >= 15 is 0 Å². The van der Waals surface area contributed by atoms with Crippen molar-refractivity contribution in [3.63, 3.8) is 0 Å². The van der Waals surface area contributed by atoms with Crippen LogP contribution in [-0.2, 0) is 0 Å². The van der Waals surface area contributed by atoms with Gasteiger partial charge in [0.15, 0.2) is 0 Å². The molecule has 0 aromatic heterocycles. The Kier molecular flexibility index (Phi) is 2.83. The Morgan fingerprint density at radius 3 is 3.40 bits per heavy atom.